The van der Waals surface area contributed by atoms with Crippen LogP contribution in [0.15, 0.2) is 23.1 Å². The van der Waals surface area contributed by atoms with E-state index >= 15 is 0 Å². The minimum absolute atomic E-state index is 0.0141. The van der Waals surface area contributed by atoms with Gasteiger partial charge >= 0.3 is 0 Å². The summed E-state index contributed by atoms with van der Waals surface area (Å²) in [6.07, 6.45) is 1.15. The molecule has 2 unspecified atom stereocenters. The van der Waals surface area contributed by atoms with Crippen LogP contribution in [-0.4, -0.2) is 74.2 Å². The zero-order valence-electron chi connectivity index (χ0n) is 16.3. The van der Waals surface area contributed by atoms with E-state index in [0.717, 1.165) is 31.6 Å². The van der Waals surface area contributed by atoms with Crippen LogP contribution in [0.5, 0.6) is 0 Å². The number of carbonyl (C=O) groups is 1. The van der Waals surface area contributed by atoms with E-state index in [2.05, 4.69) is 13.8 Å². The van der Waals surface area contributed by atoms with Crippen molar-refractivity contribution in [2.24, 2.45) is 11.8 Å². The number of piperazine rings is 1. The molecule has 9 heteroatoms. The van der Waals surface area contributed by atoms with E-state index in [1.165, 1.54) is 10.4 Å². The first-order valence-electron chi connectivity index (χ1n) is 9.62. The lowest BCUT2D eigenvalue weighted by Crippen LogP contribution is -2.52. The number of piperidine rings is 1. The van der Waals surface area contributed by atoms with Crippen LogP contribution < -0.4 is 0 Å². The summed E-state index contributed by atoms with van der Waals surface area (Å²) >= 11 is 5.73. The van der Waals surface area contributed by atoms with Crippen molar-refractivity contribution < 1.29 is 17.6 Å². The molecule has 6 nitrogen and oxygen atoms in total. The maximum atomic E-state index is 13.3. The maximum Gasteiger partial charge on any atom is 0.243 e. The Labute approximate surface area is 171 Å². The monoisotopic (exact) mass is 431 g/mol. The highest BCUT2D eigenvalue weighted by Crippen LogP contribution is 2.24. The van der Waals surface area contributed by atoms with Crippen molar-refractivity contribution in [3.63, 3.8) is 0 Å². The van der Waals surface area contributed by atoms with Crippen LogP contribution in [-0.2, 0) is 14.8 Å². The number of rotatable bonds is 4. The van der Waals surface area contributed by atoms with Crippen LogP contribution in [0.2, 0.25) is 5.02 Å². The molecule has 3 rings (SSSR count). The second-order valence-corrected chi connectivity index (χ2v) is 10.3. The van der Waals surface area contributed by atoms with Gasteiger partial charge in [0, 0.05) is 39.3 Å². The second-order valence-electron chi connectivity index (χ2n) is 8.00. The Hall–Kier alpha value is -1.22. The summed E-state index contributed by atoms with van der Waals surface area (Å²) in [4.78, 5) is 16.5. The maximum absolute atomic E-state index is 13.3. The van der Waals surface area contributed by atoms with Crippen molar-refractivity contribution in [2.75, 3.05) is 45.8 Å². The summed E-state index contributed by atoms with van der Waals surface area (Å²) < 4.78 is 40.2. The number of halogens is 2. The molecule has 0 bridgehead atoms. The van der Waals surface area contributed by atoms with Crippen LogP contribution >= 0.6 is 11.6 Å². The van der Waals surface area contributed by atoms with Gasteiger partial charge in [-0.05, 0) is 36.5 Å². The molecule has 2 saturated heterocycles. The fourth-order valence-electron chi connectivity index (χ4n) is 4.07. The Kier molecular flexibility index (Phi) is 6.64. The van der Waals surface area contributed by atoms with E-state index in [4.69, 9.17) is 11.6 Å². The van der Waals surface area contributed by atoms with Gasteiger partial charge in [0.15, 0.2) is 0 Å². The smallest absolute Gasteiger partial charge is 0.243 e. The van der Waals surface area contributed by atoms with E-state index in [1.54, 1.807) is 0 Å². The number of amides is 1. The number of nitrogens with zero attached hydrogens (tertiary/aromatic N) is 3. The van der Waals surface area contributed by atoms with Gasteiger partial charge in [0.1, 0.15) is 5.82 Å². The first kappa shape index (κ1) is 21.5. The Morgan fingerprint density at radius 2 is 1.75 bits per heavy atom. The van der Waals surface area contributed by atoms with E-state index in [-0.39, 0.29) is 28.9 Å². The van der Waals surface area contributed by atoms with E-state index < -0.39 is 15.8 Å². The number of benzene rings is 1. The fourth-order valence-corrected chi connectivity index (χ4v) is 5.77. The van der Waals surface area contributed by atoms with Crippen LogP contribution in [0.25, 0.3) is 0 Å². The van der Waals surface area contributed by atoms with Gasteiger partial charge in [-0.1, -0.05) is 25.4 Å². The Morgan fingerprint density at radius 3 is 2.32 bits per heavy atom. The quantitative estimate of drug-likeness (QED) is 0.733. The average molecular weight is 432 g/mol. The van der Waals surface area contributed by atoms with Crippen LogP contribution in [0, 0.1) is 17.7 Å². The number of hydrogen-bond acceptors (Lipinski definition) is 4. The normalized spacial score (nSPS) is 25.1. The minimum atomic E-state index is -3.73. The van der Waals surface area contributed by atoms with Crippen molar-refractivity contribution in [1.29, 1.82) is 0 Å². The molecule has 156 valence electrons. The highest BCUT2D eigenvalue weighted by Gasteiger charge is 2.31. The predicted octanol–water partition coefficient (Wildman–Crippen LogP) is 2.29. The molecule has 0 radical (unpaired) electrons. The van der Waals surface area contributed by atoms with Gasteiger partial charge in [0.2, 0.25) is 15.9 Å². The summed E-state index contributed by atoms with van der Waals surface area (Å²) in [5.41, 5.74) is 0. The molecule has 0 saturated carbocycles. The molecular weight excluding hydrogens is 405 g/mol. The summed E-state index contributed by atoms with van der Waals surface area (Å²) in [6.45, 7) is 7.79. The highest BCUT2D eigenvalue weighted by molar-refractivity contribution is 7.89. The standard InChI is InChI=1S/C19H27ClFN3O3S/c1-14-9-15(2)12-23(11-14)19(25)13-22-5-7-24(8-6-22)28(26,27)16-3-4-18(21)17(20)10-16/h3-4,10,14-15H,5-9,11-13H2,1-2H3. The molecule has 0 N–H and O–H groups in total. The largest absolute Gasteiger partial charge is 0.341 e. The molecule has 2 aliphatic heterocycles. The summed E-state index contributed by atoms with van der Waals surface area (Å²) in [6, 6.07) is 3.43. The highest BCUT2D eigenvalue weighted by atomic mass is 35.5. The van der Waals surface area contributed by atoms with Crippen molar-refractivity contribution in [3.8, 4) is 0 Å². The molecule has 2 heterocycles. The Bertz CT molecular complexity index is 818. The Balaban J connectivity index is 1.56. The van der Waals surface area contributed by atoms with E-state index in [1.807, 2.05) is 9.80 Å². The molecule has 1 aromatic rings. The van der Waals surface area contributed by atoms with Crippen LogP contribution in [0.1, 0.15) is 20.3 Å². The Morgan fingerprint density at radius 1 is 1.14 bits per heavy atom. The van der Waals surface area contributed by atoms with Crippen LogP contribution in [0.3, 0.4) is 0 Å². The van der Waals surface area contributed by atoms with E-state index in [0.29, 0.717) is 31.5 Å². The molecule has 0 spiro atoms. The van der Waals surface area contributed by atoms with Gasteiger partial charge in [-0.3, -0.25) is 9.69 Å². The second kappa shape index (κ2) is 8.65. The summed E-state index contributed by atoms with van der Waals surface area (Å²) in [7, 11) is -3.73. The first-order valence-corrected chi connectivity index (χ1v) is 11.4. The lowest BCUT2D eigenvalue weighted by Gasteiger charge is -2.38. The first-order chi connectivity index (χ1) is 13.2. The summed E-state index contributed by atoms with van der Waals surface area (Å²) in [5, 5.41) is -0.213. The van der Waals surface area contributed by atoms with Crippen molar-refractivity contribution in [3.05, 3.63) is 29.0 Å². The molecule has 1 amide bonds. The molecule has 0 aliphatic carbocycles. The molecule has 0 aromatic heterocycles. The molecular formula is C19H27ClFN3O3S. The molecule has 28 heavy (non-hydrogen) atoms. The van der Waals surface area contributed by atoms with Crippen molar-refractivity contribution in [2.45, 2.75) is 25.2 Å². The third kappa shape index (κ3) is 4.84. The number of sulfonamides is 1. The molecule has 2 fully saturated rings. The third-order valence-corrected chi connectivity index (χ3v) is 7.62. The molecule has 1 aromatic carbocycles. The SMILES string of the molecule is CC1CC(C)CN(C(=O)CN2CCN(S(=O)(=O)c3ccc(F)c(Cl)c3)CC2)C1. The average Bonchev–Trinajstić information content (AvgIpc) is 2.63. The van der Waals surface area contributed by atoms with Crippen molar-refractivity contribution in [1.82, 2.24) is 14.1 Å². The fraction of sp³-hybridized carbons (Fsp3) is 0.632. The number of likely N-dealkylation sites (tertiary alicyclic amines) is 1. The number of carbonyl (C=O) groups excluding carboxylic acids is 1. The van der Waals surface area contributed by atoms with Crippen LogP contribution in [0.4, 0.5) is 4.39 Å². The zero-order valence-corrected chi connectivity index (χ0v) is 17.8. The van der Waals surface area contributed by atoms with Gasteiger partial charge in [0.25, 0.3) is 0 Å². The van der Waals surface area contributed by atoms with Gasteiger partial charge in [-0.25, -0.2) is 12.8 Å². The topological polar surface area (TPSA) is 60.9 Å². The molecule has 2 aliphatic rings. The van der Waals surface area contributed by atoms with E-state index in [9.17, 15) is 17.6 Å². The van der Waals surface area contributed by atoms with Gasteiger partial charge < -0.3 is 4.90 Å². The van der Waals surface area contributed by atoms with Gasteiger partial charge in [-0.2, -0.15) is 4.31 Å². The third-order valence-electron chi connectivity index (χ3n) is 5.44. The predicted molar refractivity (Wildman–Crippen MR) is 106 cm³/mol. The lowest BCUT2D eigenvalue weighted by molar-refractivity contribution is -0.135. The molecule has 2 atom stereocenters. The summed E-state index contributed by atoms with van der Waals surface area (Å²) in [5.74, 6) is 0.486. The van der Waals surface area contributed by atoms with Crippen molar-refractivity contribution >= 4 is 27.5 Å². The van der Waals surface area contributed by atoms with Gasteiger partial charge in [0.05, 0.1) is 16.5 Å². The van der Waals surface area contributed by atoms with Gasteiger partial charge in [-0.15, -0.1) is 0 Å². The zero-order chi connectivity index (χ0) is 20.5. The number of hydrogen-bond donors (Lipinski definition) is 0. The lowest BCUT2D eigenvalue weighted by atomic mass is 9.92. The minimum Gasteiger partial charge on any atom is -0.341 e.